The van der Waals surface area contributed by atoms with Gasteiger partial charge in [-0.15, -0.1) is 0 Å². The Kier molecular flexibility index (Phi) is 4.14. The fourth-order valence-corrected chi connectivity index (χ4v) is 2.88. The van der Waals surface area contributed by atoms with Crippen LogP contribution in [0.1, 0.15) is 23.3 Å². The summed E-state index contributed by atoms with van der Waals surface area (Å²) in [5.74, 6) is 0.969. The molecule has 1 aliphatic heterocycles. The van der Waals surface area contributed by atoms with Crippen molar-refractivity contribution >= 4 is 0 Å². The van der Waals surface area contributed by atoms with Crippen LogP contribution >= 0.6 is 0 Å². The lowest BCUT2D eigenvalue weighted by atomic mass is 10.0. The number of hydrogen-bond acceptors (Lipinski definition) is 4. The summed E-state index contributed by atoms with van der Waals surface area (Å²) in [4.78, 5) is 0. The van der Waals surface area contributed by atoms with Crippen LogP contribution in [0.15, 0.2) is 78.9 Å². The molecule has 0 saturated carbocycles. The van der Waals surface area contributed by atoms with Crippen LogP contribution in [0.4, 0.5) is 0 Å². The predicted octanol–water partition coefficient (Wildman–Crippen LogP) is 4.36. The number of ether oxygens (including phenoxy) is 2. The molecule has 1 fully saturated rings. The molecule has 0 spiro atoms. The highest BCUT2D eigenvalue weighted by Gasteiger charge is 2.46. The van der Waals surface area contributed by atoms with Gasteiger partial charge in [0.05, 0.1) is 0 Å². The van der Waals surface area contributed by atoms with Crippen LogP contribution < -0.4 is 4.74 Å². The quantitative estimate of drug-likeness (QED) is 0.681. The van der Waals surface area contributed by atoms with Crippen molar-refractivity contribution in [2.45, 2.75) is 18.3 Å². The lowest BCUT2D eigenvalue weighted by Gasteiger charge is -2.12. The molecule has 1 heterocycles. The van der Waals surface area contributed by atoms with Crippen molar-refractivity contribution in [2.24, 2.45) is 0 Å². The minimum atomic E-state index is -0.804. The van der Waals surface area contributed by atoms with Crippen molar-refractivity contribution in [1.82, 2.24) is 0 Å². The van der Waals surface area contributed by atoms with Gasteiger partial charge in [-0.05, 0) is 35.4 Å². The molecule has 0 aliphatic carbocycles. The van der Waals surface area contributed by atoms with Crippen LogP contribution in [0.25, 0.3) is 0 Å². The van der Waals surface area contributed by atoms with Gasteiger partial charge >= 0.3 is 0 Å². The van der Waals surface area contributed by atoms with Gasteiger partial charge in [-0.1, -0.05) is 54.6 Å². The highest BCUT2D eigenvalue weighted by Crippen LogP contribution is 2.46. The number of aliphatic hydroxyl groups is 1. The van der Waals surface area contributed by atoms with Crippen LogP contribution in [-0.2, 0) is 4.74 Å². The highest BCUT2D eigenvalue weighted by atomic mass is 16.6. The predicted molar refractivity (Wildman–Crippen MR) is 93.6 cm³/mol. The molecular formula is C21H18O4. The maximum atomic E-state index is 10.5. The molecular weight excluding hydrogens is 316 g/mol. The molecule has 0 radical (unpaired) electrons. The number of para-hydroxylation sites is 1. The van der Waals surface area contributed by atoms with E-state index < -0.39 is 6.10 Å². The molecule has 0 aromatic heterocycles. The Labute approximate surface area is 145 Å². The molecule has 2 N–H and O–H groups in total. The highest BCUT2D eigenvalue weighted by molar-refractivity contribution is 5.45. The summed E-state index contributed by atoms with van der Waals surface area (Å²) in [7, 11) is 0. The van der Waals surface area contributed by atoms with E-state index in [1.165, 1.54) is 6.07 Å². The van der Waals surface area contributed by atoms with Crippen molar-refractivity contribution in [2.75, 3.05) is 0 Å². The Hall–Kier alpha value is -2.82. The second-order valence-corrected chi connectivity index (χ2v) is 6.02. The van der Waals surface area contributed by atoms with E-state index >= 15 is 0 Å². The van der Waals surface area contributed by atoms with E-state index in [1.54, 1.807) is 12.1 Å². The Bertz CT molecular complexity index is 848. The Morgan fingerprint density at radius 1 is 0.880 bits per heavy atom. The van der Waals surface area contributed by atoms with Gasteiger partial charge in [0, 0.05) is 0 Å². The van der Waals surface area contributed by atoms with Gasteiger partial charge < -0.3 is 19.7 Å². The van der Waals surface area contributed by atoms with Crippen molar-refractivity contribution in [3.8, 4) is 17.2 Å². The monoisotopic (exact) mass is 334 g/mol. The van der Waals surface area contributed by atoms with E-state index in [2.05, 4.69) is 0 Å². The third kappa shape index (κ3) is 3.36. The van der Waals surface area contributed by atoms with E-state index in [0.717, 1.165) is 5.56 Å². The van der Waals surface area contributed by atoms with E-state index in [4.69, 9.17) is 9.47 Å². The number of benzene rings is 3. The number of aliphatic hydroxyl groups excluding tert-OH is 1. The maximum Gasteiger partial charge on any atom is 0.169 e. The Morgan fingerprint density at radius 2 is 1.56 bits per heavy atom. The zero-order valence-electron chi connectivity index (χ0n) is 13.4. The van der Waals surface area contributed by atoms with Gasteiger partial charge in [-0.2, -0.15) is 0 Å². The summed E-state index contributed by atoms with van der Waals surface area (Å²) in [6.07, 6.45) is -1.22. The van der Waals surface area contributed by atoms with Gasteiger partial charge in [0.15, 0.2) is 11.5 Å². The van der Waals surface area contributed by atoms with Gasteiger partial charge in [0.25, 0.3) is 0 Å². The largest absolute Gasteiger partial charge is 0.504 e. The molecule has 3 atom stereocenters. The van der Waals surface area contributed by atoms with Crippen LogP contribution in [0.5, 0.6) is 17.2 Å². The first-order valence-electron chi connectivity index (χ1n) is 8.16. The molecule has 25 heavy (non-hydrogen) atoms. The zero-order chi connectivity index (χ0) is 17.2. The van der Waals surface area contributed by atoms with Crippen LogP contribution in [-0.4, -0.2) is 16.3 Å². The SMILES string of the molecule is Oc1cc([C@@H](O)[C@@H]2O[C@H]2c2ccccc2)ccc1Oc1ccccc1. The number of phenols is 1. The maximum absolute atomic E-state index is 10.5. The standard InChI is InChI=1S/C21H18O4/c22-17-13-15(11-12-18(17)24-16-9-5-2-6-10-16)19(23)21-20(25-21)14-7-3-1-4-8-14/h1-13,19-23H/t19-,20+,21+/m1/s1. The molecule has 4 nitrogen and oxygen atoms in total. The summed E-state index contributed by atoms with van der Waals surface area (Å²) in [5.41, 5.74) is 1.64. The van der Waals surface area contributed by atoms with Crippen molar-refractivity contribution in [3.05, 3.63) is 90.0 Å². The number of epoxide rings is 1. The summed E-state index contributed by atoms with van der Waals surface area (Å²) >= 11 is 0. The Morgan fingerprint density at radius 3 is 2.24 bits per heavy atom. The molecule has 4 rings (SSSR count). The lowest BCUT2D eigenvalue weighted by Crippen LogP contribution is -2.06. The average molecular weight is 334 g/mol. The van der Waals surface area contributed by atoms with Crippen molar-refractivity contribution in [3.63, 3.8) is 0 Å². The topological polar surface area (TPSA) is 62.2 Å². The van der Waals surface area contributed by atoms with Gasteiger partial charge in [-0.25, -0.2) is 0 Å². The normalized spacial score (nSPS) is 20.0. The third-order valence-corrected chi connectivity index (χ3v) is 4.26. The molecule has 126 valence electrons. The smallest absolute Gasteiger partial charge is 0.169 e. The first kappa shape index (κ1) is 15.7. The van der Waals surface area contributed by atoms with Crippen LogP contribution in [0.2, 0.25) is 0 Å². The Balaban J connectivity index is 1.47. The molecule has 0 bridgehead atoms. The summed E-state index contributed by atoms with van der Waals surface area (Å²) in [5, 5.41) is 20.7. The minimum Gasteiger partial charge on any atom is -0.504 e. The molecule has 4 heteroatoms. The molecule has 0 amide bonds. The second kappa shape index (κ2) is 6.59. The van der Waals surface area contributed by atoms with E-state index in [1.807, 2.05) is 60.7 Å². The summed E-state index contributed by atoms with van der Waals surface area (Å²) in [6.45, 7) is 0. The van der Waals surface area contributed by atoms with Crippen molar-refractivity contribution in [1.29, 1.82) is 0 Å². The van der Waals surface area contributed by atoms with Crippen molar-refractivity contribution < 1.29 is 19.7 Å². The molecule has 3 aromatic carbocycles. The molecule has 3 aromatic rings. The average Bonchev–Trinajstić information content (AvgIpc) is 3.45. The zero-order valence-corrected chi connectivity index (χ0v) is 13.4. The van der Waals surface area contributed by atoms with Crippen LogP contribution in [0.3, 0.4) is 0 Å². The molecule has 0 unspecified atom stereocenters. The van der Waals surface area contributed by atoms with Gasteiger partial charge in [0.2, 0.25) is 0 Å². The van der Waals surface area contributed by atoms with Crippen LogP contribution in [0, 0.1) is 0 Å². The number of phenolic OH excluding ortho intramolecular Hbond substituents is 1. The second-order valence-electron chi connectivity index (χ2n) is 6.02. The number of aromatic hydroxyl groups is 1. The number of hydrogen-bond donors (Lipinski definition) is 2. The molecule has 1 aliphatic rings. The number of rotatable bonds is 5. The van der Waals surface area contributed by atoms with E-state index in [0.29, 0.717) is 17.1 Å². The van der Waals surface area contributed by atoms with Gasteiger partial charge in [-0.3, -0.25) is 0 Å². The first-order chi connectivity index (χ1) is 12.2. The van der Waals surface area contributed by atoms with E-state index in [-0.39, 0.29) is 18.0 Å². The fraction of sp³-hybridized carbons (Fsp3) is 0.143. The van der Waals surface area contributed by atoms with Gasteiger partial charge in [0.1, 0.15) is 24.1 Å². The summed E-state index contributed by atoms with van der Waals surface area (Å²) < 4.78 is 11.3. The summed E-state index contributed by atoms with van der Waals surface area (Å²) in [6, 6.07) is 23.9. The lowest BCUT2D eigenvalue weighted by molar-refractivity contribution is 0.136. The first-order valence-corrected chi connectivity index (χ1v) is 8.16. The third-order valence-electron chi connectivity index (χ3n) is 4.26. The molecule has 1 saturated heterocycles. The van der Waals surface area contributed by atoms with E-state index in [9.17, 15) is 10.2 Å². The fourth-order valence-electron chi connectivity index (χ4n) is 2.88. The minimum absolute atomic E-state index is 0.0164.